The molecule has 0 spiro atoms. The number of nitrogens with zero attached hydrogens (tertiary/aromatic N) is 3. The van der Waals surface area contributed by atoms with Gasteiger partial charge in [-0.25, -0.2) is 4.98 Å². The Hall–Kier alpha value is -2.60. The second-order valence-corrected chi connectivity index (χ2v) is 5.87. The van der Waals surface area contributed by atoms with Crippen LogP contribution in [-0.2, 0) is 9.59 Å². The highest BCUT2D eigenvalue weighted by Crippen LogP contribution is 2.16. The molecule has 3 rings (SSSR count). The highest BCUT2D eigenvalue weighted by atomic mass is 35.5. The molecule has 1 aliphatic rings. The average Bonchev–Trinajstić information content (AvgIpc) is 2.62. The average molecular weight is 345 g/mol. The minimum atomic E-state index is -0.649. The molecule has 1 N–H and O–H groups in total. The summed E-state index contributed by atoms with van der Waals surface area (Å²) in [4.78, 5) is 32.3. The lowest BCUT2D eigenvalue weighted by molar-refractivity contribution is -0.143. The fourth-order valence-corrected chi connectivity index (χ4v) is 2.76. The zero-order valence-electron chi connectivity index (χ0n) is 13.0. The Balaban J connectivity index is 1.56. The minimum absolute atomic E-state index is 0.484. The summed E-state index contributed by atoms with van der Waals surface area (Å²) in [5, 5.41) is 3.09. The Morgan fingerprint density at radius 1 is 1.04 bits per heavy atom. The maximum absolute atomic E-state index is 12.3. The van der Waals surface area contributed by atoms with E-state index in [9.17, 15) is 9.59 Å². The van der Waals surface area contributed by atoms with E-state index in [0.29, 0.717) is 36.9 Å². The second-order valence-electron chi connectivity index (χ2n) is 5.43. The highest BCUT2D eigenvalue weighted by Gasteiger charge is 2.26. The van der Waals surface area contributed by atoms with Gasteiger partial charge in [0.2, 0.25) is 0 Å². The first-order valence-corrected chi connectivity index (χ1v) is 8.03. The van der Waals surface area contributed by atoms with Crippen LogP contribution in [0, 0.1) is 0 Å². The van der Waals surface area contributed by atoms with Crippen molar-refractivity contribution in [3.63, 3.8) is 0 Å². The number of amides is 2. The monoisotopic (exact) mass is 344 g/mol. The molecule has 6 nitrogen and oxygen atoms in total. The molecule has 0 unspecified atom stereocenters. The quantitative estimate of drug-likeness (QED) is 0.846. The van der Waals surface area contributed by atoms with Crippen molar-refractivity contribution in [1.82, 2.24) is 9.88 Å². The largest absolute Gasteiger partial charge is 0.353 e. The van der Waals surface area contributed by atoms with Gasteiger partial charge in [-0.05, 0) is 30.3 Å². The van der Waals surface area contributed by atoms with E-state index in [1.165, 1.54) is 0 Å². The van der Waals surface area contributed by atoms with Crippen molar-refractivity contribution in [3.8, 4) is 0 Å². The smallest absolute Gasteiger partial charge is 0.313 e. The normalized spacial score (nSPS) is 14.4. The van der Waals surface area contributed by atoms with Gasteiger partial charge < -0.3 is 15.1 Å². The molecule has 124 valence electrons. The summed E-state index contributed by atoms with van der Waals surface area (Å²) in [7, 11) is 0. The van der Waals surface area contributed by atoms with Crippen molar-refractivity contribution in [2.45, 2.75) is 0 Å². The topological polar surface area (TPSA) is 65.5 Å². The number of carbonyl (C=O) groups is 2. The number of hydrogen-bond donors (Lipinski definition) is 1. The van der Waals surface area contributed by atoms with Gasteiger partial charge in [0.25, 0.3) is 0 Å². The van der Waals surface area contributed by atoms with Gasteiger partial charge in [-0.2, -0.15) is 0 Å². The predicted molar refractivity (Wildman–Crippen MR) is 93.1 cm³/mol. The SMILES string of the molecule is O=C(Nc1cccc(Cl)c1)C(=O)N1CCN(c2ccccn2)CC1. The third-order valence-electron chi connectivity index (χ3n) is 3.82. The summed E-state index contributed by atoms with van der Waals surface area (Å²) in [5.41, 5.74) is 0.507. The van der Waals surface area contributed by atoms with Crippen LogP contribution in [0.5, 0.6) is 0 Å². The summed E-state index contributed by atoms with van der Waals surface area (Å²) < 4.78 is 0. The van der Waals surface area contributed by atoms with Crippen LogP contribution in [0.2, 0.25) is 5.02 Å². The van der Waals surface area contributed by atoms with Gasteiger partial charge in [0, 0.05) is 43.1 Å². The molecule has 1 saturated heterocycles. The van der Waals surface area contributed by atoms with Crippen molar-refractivity contribution in [2.75, 3.05) is 36.4 Å². The number of piperazine rings is 1. The molecule has 24 heavy (non-hydrogen) atoms. The molecule has 7 heteroatoms. The number of rotatable bonds is 2. The van der Waals surface area contributed by atoms with Crippen molar-refractivity contribution in [3.05, 3.63) is 53.7 Å². The number of nitrogens with one attached hydrogen (secondary N) is 1. The van der Waals surface area contributed by atoms with Gasteiger partial charge in [0.05, 0.1) is 0 Å². The predicted octanol–water partition coefficient (Wildman–Crippen LogP) is 2.02. The summed E-state index contributed by atoms with van der Waals surface area (Å²) in [6.45, 7) is 2.26. The molecule has 2 heterocycles. The van der Waals surface area contributed by atoms with Crippen molar-refractivity contribution in [1.29, 1.82) is 0 Å². The molecular formula is C17H17ClN4O2. The first-order valence-electron chi connectivity index (χ1n) is 7.65. The molecular weight excluding hydrogens is 328 g/mol. The van der Waals surface area contributed by atoms with Crippen LogP contribution in [0.15, 0.2) is 48.7 Å². The van der Waals surface area contributed by atoms with Crippen LogP contribution >= 0.6 is 11.6 Å². The lowest BCUT2D eigenvalue weighted by Gasteiger charge is -2.34. The van der Waals surface area contributed by atoms with Crippen LogP contribution < -0.4 is 10.2 Å². The van der Waals surface area contributed by atoms with E-state index in [1.807, 2.05) is 18.2 Å². The number of halogens is 1. The second kappa shape index (κ2) is 7.31. The molecule has 2 aromatic rings. The summed E-state index contributed by atoms with van der Waals surface area (Å²) >= 11 is 5.87. The van der Waals surface area contributed by atoms with Gasteiger partial charge in [-0.1, -0.05) is 23.7 Å². The Morgan fingerprint density at radius 3 is 2.50 bits per heavy atom. The lowest BCUT2D eigenvalue weighted by Crippen LogP contribution is -2.51. The molecule has 1 aliphatic heterocycles. The summed E-state index contributed by atoms with van der Waals surface area (Å²) in [5.74, 6) is -0.299. The number of benzene rings is 1. The molecule has 0 radical (unpaired) electrons. The van der Waals surface area contributed by atoms with E-state index in [1.54, 1.807) is 35.4 Å². The molecule has 1 fully saturated rings. The van der Waals surface area contributed by atoms with Gasteiger partial charge in [0.1, 0.15) is 5.82 Å². The molecule has 1 aromatic heterocycles. The van der Waals surface area contributed by atoms with E-state index in [2.05, 4.69) is 15.2 Å². The standard InChI is InChI=1S/C17H17ClN4O2/c18-13-4-3-5-14(12-13)20-16(23)17(24)22-10-8-21(9-11-22)15-6-1-2-7-19-15/h1-7,12H,8-11H2,(H,20,23). The van der Waals surface area contributed by atoms with Gasteiger partial charge in [-0.15, -0.1) is 0 Å². The number of hydrogen-bond acceptors (Lipinski definition) is 4. The Labute approximate surface area is 145 Å². The molecule has 0 atom stereocenters. The summed E-state index contributed by atoms with van der Waals surface area (Å²) in [6.07, 6.45) is 1.74. The number of aromatic nitrogens is 1. The fraction of sp³-hybridized carbons (Fsp3) is 0.235. The van der Waals surface area contributed by atoms with E-state index < -0.39 is 11.8 Å². The first-order chi connectivity index (χ1) is 11.6. The van der Waals surface area contributed by atoms with Crippen LogP contribution in [0.1, 0.15) is 0 Å². The van der Waals surface area contributed by atoms with Crippen molar-refractivity contribution in [2.24, 2.45) is 0 Å². The Morgan fingerprint density at radius 2 is 1.83 bits per heavy atom. The van der Waals surface area contributed by atoms with Crippen LogP contribution in [0.3, 0.4) is 0 Å². The first kappa shape index (κ1) is 16.3. The molecule has 0 aliphatic carbocycles. The Bertz CT molecular complexity index is 730. The Kier molecular flexibility index (Phi) is 4.96. The molecule has 1 aromatic carbocycles. The minimum Gasteiger partial charge on any atom is -0.353 e. The van der Waals surface area contributed by atoms with Crippen LogP contribution in [0.4, 0.5) is 11.5 Å². The zero-order valence-corrected chi connectivity index (χ0v) is 13.7. The molecule has 0 bridgehead atoms. The summed E-state index contributed by atoms with van der Waals surface area (Å²) in [6, 6.07) is 12.4. The maximum atomic E-state index is 12.3. The zero-order chi connectivity index (χ0) is 16.9. The van der Waals surface area contributed by atoms with E-state index in [4.69, 9.17) is 11.6 Å². The number of anilines is 2. The maximum Gasteiger partial charge on any atom is 0.313 e. The van der Waals surface area contributed by atoms with E-state index in [-0.39, 0.29) is 0 Å². The number of carbonyl (C=O) groups excluding carboxylic acids is 2. The lowest BCUT2D eigenvalue weighted by atomic mass is 10.2. The van der Waals surface area contributed by atoms with Gasteiger partial charge in [-0.3, -0.25) is 9.59 Å². The fourth-order valence-electron chi connectivity index (χ4n) is 2.57. The highest BCUT2D eigenvalue weighted by molar-refractivity contribution is 6.39. The van der Waals surface area contributed by atoms with Crippen molar-refractivity contribution >= 4 is 34.9 Å². The molecule has 2 amide bonds. The number of pyridine rings is 1. The third-order valence-corrected chi connectivity index (χ3v) is 4.05. The van der Waals surface area contributed by atoms with E-state index in [0.717, 1.165) is 5.82 Å². The van der Waals surface area contributed by atoms with E-state index >= 15 is 0 Å². The van der Waals surface area contributed by atoms with Gasteiger partial charge >= 0.3 is 11.8 Å². The van der Waals surface area contributed by atoms with Crippen LogP contribution in [0.25, 0.3) is 0 Å². The van der Waals surface area contributed by atoms with Gasteiger partial charge in [0.15, 0.2) is 0 Å². The van der Waals surface area contributed by atoms with Crippen LogP contribution in [-0.4, -0.2) is 47.9 Å². The molecule has 0 saturated carbocycles. The third kappa shape index (κ3) is 3.83. The van der Waals surface area contributed by atoms with Crippen molar-refractivity contribution < 1.29 is 9.59 Å².